The summed E-state index contributed by atoms with van der Waals surface area (Å²) < 4.78 is 7.06. The van der Waals surface area contributed by atoms with E-state index in [4.69, 9.17) is 4.42 Å². The van der Waals surface area contributed by atoms with Gasteiger partial charge in [0.15, 0.2) is 5.65 Å². The van der Waals surface area contributed by atoms with E-state index in [2.05, 4.69) is 25.5 Å². The monoisotopic (exact) mass is 326 g/mol. The van der Waals surface area contributed by atoms with Gasteiger partial charge in [-0.15, -0.1) is 15.3 Å². The Kier molecular flexibility index (Phi) is 3.44. The number of hydrogen-bond donors (Lipinski definition) is 1. The van der Waals surface area contributed by atoms with Crippen molar-refractivity contribution in [2.75, 3.05) is 24.5 Å². The highest BCUT2D eigenvalue weighted by Gasteiger charge is 2.28. The van der Waals surface area contributed by atoms with Crippen molar-refractivity contribution < 1.29 is 9.21 Å². The number of furan rings is 1. The molecule has 3 aromatic rings. The number of anilines is 1. The second kappa shape index (κ2) is 5.63. The average molecular weight is 326 g/mol. The number of hydrogen-bond acceptors (Lipinski definition) is 6. The van der Waals surface area contributed by atoms with Gasteiger partial charge in [-0.3, -0.25) is 4.79 Å². The van der Waals surface area contributed by atoms with E-state index in [1.807, 2.05) is 19.1 Å². The van der Waals surface area contributed by atoms with Crippen molar-refractivity contribution in [2.24, 2.45) is 5.92 Å². The first kappa shape index (κ1) is 14.7. The maximum Gasteiger partial charge on any atom is 0.254 e. The lowest BCUT2D eigenvalue weighted by molar-refractivity contribution is 0.0943. The van der Waals surface area contributed by atoms with Crippen LogP contribution < -0.4 is 10.2 Å². The molecule has 8 heteroatoms. The van der Waals surface area contributed by atoms with Crippen LogP contribution in [0.1, 0.15) is 21.9 Å². The van der Waals surface area contributed by atoms with Crippen molar-refractivity contribution in [3.8, 4) is 0 Å². The maximum atomic E-state index is 12.2. The van der Waals surface area contributed by atoms with Crippen LogP contribution >= 0.6 is 0 Å². The Balaban J connectivity index is 1.31. The summed E-state index contributed by atoms with van der Waals surface area (Å²) in [6.45, 7) is 6.02. The van der Waals surface area contributed by atoms with Crippen LogP contribution in [-0.2, 0) is 0 Å². The number of amides is 1. The Morgan fingerprint density at radius 1 is 1.38 bits per heavy atom. The maximum absolute atomic E-state index is 12.2. The van der Waals surface area contributed by atoms with Crippen molar-refractivity contribution in [1.29, 1.82) is 0 Å². The standard InChI is InChI=1S/C16H18N6O2/c1-10-5-13(11(2)24-10)16(23)17-6-12-7-21(8-12)15-4-3-14-19-18-9-22(14)20-15/h3-5,9,12H,6-8H2,1-2H3,(H,17,23). The van der Waals surface area contributed by atoms with E-state index >= 15 is 0 Å². The van der Waals surface area contributed by atoms with Crippen LogP contribution in [0, 0.1) is 19.8 Å². The van der Waals surface area contributed by atoms with Crippen LogP contribution in [0.2, 0.25) is 0 Å². The van der Waals surface area contributed by atoms with Crippen LogP contribution in [0.5, 0.6) is 0 Å². The predicted molar refractivity (Wildman–Crippen MR) is 87.0 cm³/mol. The van der Waals surface area contributed by atoms with Crippen molar-refractivity contribution in [3.63, 3.8) is 0 Å². The van der Waals surface area contributed by atoms with E-state index in [0.717, 1.165) is 30.3 Å². The molecule has 4 heterocycles. The molecule has 3 aromatic heterocycles. The molecule has 1 aliphatic heterocycles. The zero-order valence-electron chi connectivity index (χ0n) is 13.6. The van der Waals surface area contributed by atoms with Gasteiger partial charge in [0.1, 0.15) is 23.7 Å². The third-order valence-electron chi connectivity index (χ3n) is 4.27. The largest absolute Gasteiger partial charge is 0.466 e. The highest BCUT2D eigenvalue weighted by atomic mass is 16.3. The molecule has 0 saturated carbocycles. The molecular formula is C16H18N6O2. The number of aryl methyl sites for hydroxylation is 2. The highest BCUT2D eigenvalue weighted by molar-refractivity contribution is 5.95. The van der Waals surface area contributed by atoms with E-state index < -0.39 is 0 Å². The quantitative estimate of drug-likeness (QED) is 0.775. The van der Waals surface area contributed by atoms with Crippen LogP contribution in [0.15, 0.2) is 28.9 Å². The molecule has 1 fully saturated rings. The summed E-state index contributed by atoms with van der Waals surface area (Å²) in [7, 11) is 0. The lowest BCUT2D eigenvalue weighted by atomic mass is 10.00. The Hall–Kier alpha value is -2.90. The van der Waals surface area contributed by atoms with Crippen LogP contribution in [0.4, 0.5) is 5.82 Å². The molecule has 1 saturated heterocycles. The number of carbonyl (C=O) groups excluding carboxylic acids is 1. The molecular weight excluding hydrogens is 308 g/mol. The van der Waals surface area contributed by atoms with Gasteiger partial charge < -0.3 is 14.6 Å². The fourth-order valence-corrected chi connectivity index (χ4v) is 2.96. The third-order valence-corrected chi connectivity index (χ3v) is 4.27. The topological polar surface area (TPSA) is 88.6 Å². The van der Waals surface area contributed by atoms with Crippen molar-refractivity contribution >= 4 is 17.4 Å². The van der Waals surface area contributed by atoms with E-state index in [1.54, 1.807) is 23.8 Å². The summed E-state index contributed by atoms with van der Waals surface area (Å²) in [5.41, 5.74) is 1.34. The average Bonchev–Trinajstić information content (AvgIpc) is 3.10. The molecule has 124 valence electrons. The molecule has 4 rings (SSSR count). The van der Waals surface area contributed by atoms with Gasteiger partial charge in [0.2, 0.25) is 0 Å². The predicted octanol–water partition coefficient (Wildman–Crippen LogP) is 1.20. The second-order valence-corrected chi connectivity index (χ2v) is 6.13. The molecule has 24 heavy (non-hydrogen) atoms. The van der Waals surface area contributed by atoms with Gasteiger partial charge in [0, 0.05) is 25.6 Å². The van der Waals surface area contributed by atoms with Gasteiger partial charge in [0.05, 0.1) is 5.56 Å². The Labute approximate surface area is 138 Å². The molecule has 1 amide bonds. The molecule has 0 radical (unpaired) electrons. The van der Waals surface area contributed by atoms with Crippen LogP contribution in [0.25, 0.3) is 5.65 Å². The highest BCUT2D eigenvalue weighted by Crippen LogP contribution is 2.22. The summed E-state index contributed by atoms with van der Waals surface area (Å²) in [5.74, 6) is 2.65. The number of rotatable bonds is 4. The van der Waals surface area contributed by atoms with Gasteiger partial charge in [0.25, 0.3) is 5.91 Å². The third kappa shape index (κ3) is 2.60. The molecule has 0 spiro atoms. The van der Waals surface area contributed by atoms with E-state index in [0.29, 0.717) is 23.8 Å². The molecule has 0 unspecified atom stereocenters. The molecule has 1 N–H and O–H groups in total. The summed E-state index contributed by atoms with van der Waals surface area (Å²) in [4.78, 5) is 14.3. The number of nitrogens with one attached hydrogen (secondary N) is 1. The van der Waals surface area contributed by atoms with Crippen molar-refractivity contribution in [3.05, 3.63) is 41.6 Å². The Morgan fingerprint density at radius 3 is 2.96 bits per heavy atom. The van der Waals surface area contributed by atoms with Crippen molar-refractivity contribution in [2.45, 2.75) is 13.8 Å². The summed E-state index contributed by atoms with van der Waals surface area (Å²) in [5, 5.41) is 15.2. The van der Waals surface area contributed by atoms with Crippen LogP contribution in [0.3, 0.4) is 0 Å². The van der Waals surface area contributed by atoms with Gasteiger partial charge >= 0.3 is 0 Å². The van der Waals surface area contributed by atoms with Crippen LogP contribution in [-0.4, -0.2) is 45.4 Å². The molecule has 0 aromatic carbocycles. The molecule has 0 aliphatic carbocycles. The van der Waals surface area contributed by atoms with Crippen molar-refractivity contribution in [1.82, 2.24) is 25.1 Å². The number of carbonyl (C=O) groups is 1. The molecule has 0 atom stereocenters. The van der Waals surface area contributed by atoms with E-state index in [-0.39, 0.29) is 5.91 Å². The molecule has 8 nitrogen and oxygen atoms in total. The minimum absolute atomic E-state index is 0.0770. The molecule has 1 aliphatic rings. The van der Waals surface area contributed by atoms with Gasteiger partial charge in [-0.1, -0.05) is 0 Å². The number of nitrogens with zero attached hydrogens (tertiary/aromatic N) is 5. The minimum Gasteiger partial charge on any atom is -0.466 e. The van der Waals surface area contributed by atoms with E-state index in [1.165, 1.54) is 0 Å². The van der Waals surface area contributed by atoms with E-state index in [9.17, 15) is 4.79 Å². The summed E-state index contributed by atoms with van der Waals surface area (Å²) in [6.07, 6.45) is 1.59. The van der Waals surface area contributed by atoms with Gasteiger partial charge in [-0.25, -0.2) is 0 Å². The first-order chi connectivity index (χ1) is 11.6. The Bertz CT molecular complexity index is 893. The lowest BCUT2D eigenvalue weighted by Gasteiger charge is -2.40. The zero-order chi connectivity index (χ0) is 16.7. The first-order valence-electron chi connectivity index (χ1n) is 7.87. The Morgan fingerprint density at radius 2 is 2.21 bits per heavy atom. The number of fused-ring (bicyclic) bond motifs is 1. The summed E-state index contributed by atoms with van der Waals surface area (Å²) in [6, 6.07) is 5.61. The lowest BCUT2D eigenvalue weighted by Crippen LogP contribution is -2.52. The smallest absolute Gasteiger partial charge is 0.254 e. The fourth-order valence-electron chi connectivity index (χ4n) is 2.96. The summed E-state index contributed by atoms with van der Waals surface area (Å²) >= 11 is 0. The SMILES string of the molecule is Cc1cc(C(=O)NCC2CN(c3ccc4nncn4n3)C2)c(C)o1. The fraction of sp³-hybridized carbons (Fsp3) is 0.375. The minimum atomic E-state index is -0.0770. The second-order valence-electron chi connectivity index (χ2n) is 6.13. The van der Waals surface area contributed by atoms with Gasteiger partial charge in [-0.2, -0.15) is 4.52 Å². The zero-order valence-corrected chi connectivity index (χ0v) is 13.6. The molecule has 0 bridgehead atoms. The first-order valence-corrected chi connectivity index (χ1v) is 7.87. The number of aromatic nitrogens is 4. The normalized spacial score (nSPS) is 14.8. The van der Waals surface area contributed by atoms with Gasteiger partial charge in [-0.05, 0) is 32.0 Å².